The largest absolute Gasteiger partial charge is 0.486 e. The number of thioether (sulfide) groups is 1. The van der Waals surface area contributed by atoms with E-state index >= 15 is 0 Å². The van der Waals surface area contributed by atoms with Crippen LogP contribution < -0.4 is 9.47 Å². The molecule has 1 aromatic carbocycles. The molecule has 2 atom stereocenters. The Morgan fingerprint density at radius 1 is 1.14 bits per heavy atom. The van der Waals surface area contributed by atoms with Crippen LogP contribution in [0.25, 0.3) is 11.4 Å². The van der Waals surface area contributed by atoms with Crippen molar-refractivity contribution >= 4 is 17.7 Å². The number of piperidine rings is 1. The SMILES string of the molecule is CCn1c(SCC(=O)N2C(C)CCCC2C)nnc1-c1ccc2c(c1)OCCO2. The molecule has 0 bridgehead atoms. The summed E-state index contributed by atoms with van der Waals surface area (Å²) in [7, 11) is 0. The first-order valence-corrected chi connectivity index (χ1v) is 11.3. The highest BCUT2D eigenvalue weighted by atomic mass is 32.2. The number of amides is 1. The molecule has 0 radical (unpaired) electrons. The van der Waals surface area contributed by atoms with Crippen LogP contribution in [0.3, 0.4) is 0 Å². The smallest absolute Gasteiger partial charge is 0.233 e. The van der Waals surface area contributed by atoms with Gasteiger partial charge in [-0.3, -0.25) is 4.79 Å². The van der Waals surface area contributed by atoms with Gasteiger partial charge in [0.05, 0.1) is 5.75 Å². The molecule has 4 rings (SSSR count). The third-order valence-corrected chi connectivity index (χ3v) is 6.59. The lowest BCUT2D eigenvalue weighted by Crippen LogP contribution is -2.48. The Morgan fingerprint density at radius 2 is 1.86 bits per heavy atom. The summed E-state index contributed by atoms with van der Waals surface area (Å²) in [5.41, 5.74) is 0.931. The van der Waals surface area contributed by atoms with Crippen molar-refractivity contribution in [3.63, 3.8) is 0 Å². The first-order valence-electron chi connectivity index (χ1n) is 10.4. The van der Waals surface area contributed by atoms with Crippen LogP contribution in [0.4, 0.5) is 0 Å². The van der Waals surface area contributed by atoms with Crippen LogP contribution in [0, 0.1) is 0 Å². The summed E-state index contributed by atoms with van der Waals surface area (Å²) >= 11 is 1.46. The van der Waals surface area contributed by atoms with E-state index in [0.29, 0.717) is 31.1 Å². The minimum absolute atomic E-state index is 0.182. The van der Waals surface area contributed by atoms with Gasteiger partial charge < -0.3 is 18.9 Å². The first-order chi connectivity index (χ1) is 14.1. The number of carbonyl (C=O) groups is 1. The molecule has 7 nitrogen and oxygen atoms in total. The highest BCUT2D eigenvalue weighted by Gasteiger charge is 2.29. The van der Waals surface area contributed by atoms with Crippen molar-refractivity contribution in [2.75, 3.05) is 19.0 Å². The zero-order valence-electron chi connectivity index (χ0n) is 17.3. The summed E-state index contributed by atoms with van der Waals surface area (Å²) < 4.78 is 13.3. The molecule has 0 spiro atoms. The van der Waals surface area contributed by atoms with Gasteiger partial charge in [-0.15, -0.1) is 10.2 Å². The molecule has 1 saturated heterocycles. The monoisotopic (exact) mass is 416 g/mol. The van der Waals surface area contributed by atoms with Gasteiger partial charge in [0.1, 0.15) is 13.2 Å². The van der Waals surface area contributed by atoms with Crippen molar-refractivity contribution in [1.29, 1.82) is 0 Å². The first kappa shape index (κ1) is 20.1. The molecular formula is C21H28N4O3S. The molecule has 1 fully saturated rings. The molecule has 0 saturated carbocycles. The molecule has 2 aromatic rings. The van der Waals surface area contributed by atoms with E-state index in [9.17, 15) is 4.79 Å². The second-order valence-electron chi connectivity index (χ2n) is 7.63. The topological polar surface area (TPSA) is 69.5 Å². The Kier molecular flexibility index (Phi) is 5.99. The van der Waals surface area contributed by atoms with Gasteiger partial charge in [0.25, 0.3) is 0 Å². The average Bonchev–Trinajstić information content (AvgIpc) is 3.14. The second-order valence-corrected chi connectivity index (χ2v) is 8.57. The average molecular weight is 417 g/mol. The van der Waals surface area contributed by atoms with Crippen LogP contribution in [0.1, 0.15) is 40.0 Å². The number of ether oxygens (including phenoxy) is 2. The van der Waals surface area contributed by atoms with Crippen molar-refractivity contribution in [3.05, 3.63) is 18.2 Å². The third kappa shape index (κ3) is 4.08. The number of rotatable bonds is 5. The molecule has 8 heteroatoms. The fourth-order valence-electron chi connectivity index (χ4n) is 4.19. The van der Waals surface area contributed by atoms with Crippen LogP contribution in [0.5, 0.6) is 11.5 Å². The number of benzene rings is 1. The Bertz CT molecular complexity index is 875. The molecule has 0 N–H and O–H groups in total. The Morgan fingerprint density at radius 3 is 2.59 bits per heavy atom. The predicted molar refractivity (Wildman–Crippen MR) is 112 cm³/mol. The van der Waals surface area contributed by atoms with Crippen molar-refractivity contribution in [1.82, 2.24) is 19.7 Å². The van der Waals surface area contributed by atoms with Gasteiger partial charge in [0.15, 0.2) is 22.5 Å². The maximum absolute atomic E-state index is 12.8. The van der Waals surface area contributed by atoms with Gasteiger partial charge >= 0.3 is 0 Å². The van der Waals surface area contributed by atoms with E-state index in [1.165, 1.54) is 18.2 Å². The number of carbonyl (C=O) groups excluding carboxylic acids is 1. The molecule has 156 valence electrons. The third-order valence-electron chi connectivity index (χ3n) is 5.64. The van der Waals surface area contributed by atoms with Gasteiger partial charge in [0.2, 0.25) is 5.91 Å². The maximum atomic E-state index is 12.8. The van der Waals surface area contributed by atoms with E-state index < -0.39 is 0 Å². The number of aromatic nitrogens is 3. The number of hydrogen-bond acceptors (Lipinski definition) is 6. The van der Waals surface area contributed by atoms with Crippen molar-refractivity contribution in [2.24, 2.45) is 0 Å². The van der Waals surface area contributed by atoms with E-state index in [1.54, 1.807) is 0 Å². The summed E-state index contributed by atoms with van der Waals surface area (Å²) in [6.45, 7) is 8.20. The van der Waals surface area contributed by atoms with E-state index in [2.05, 4.69) is 31.0 Å². The predicted octanol–water partition coefficient (Wildman–Crippen LogP) is 3.62. The van der Waals surface area contributed by atoms with Gasteiger partial charge in [0, 0.05) is 24.2 Å². The normalized spacial score (nSPS) is 21.3. The fraction of sp³-hybridized carbons (Fsp3) is 0.571. The van der Waals surface area contributed by atoms with Gasteiger partial charge in [-0.05, 0) is 58.2 Å². The molecule has 1 aromatic heterocycles. The van der Waals surface area contributed by atoms with Crippen molar-refractivity contribution in [3.8, 4) is 22.9 Å². The van der Waals surface area contributed by atoms with Crippen LogP contribution in [0.15, 0.2) is 23.4 Å². The van der Waals surface area contributed by atoms with Gasteiger partial charge in [-0.2, -0.15) is 0 Å². The fourth-order valence-corrected chi connectivity index (χ4v) is 5.06. The Balaban J connectivity index is 1.50. The van der Waals surface area contributed by atoms with Crippen LogP contribution in [0.2, 0.25) is 0 Å². The zero-order chi connectivity index (χ0) is 20.4. The number of hydrogen-bond donors (Lipinski definition) is 0. The maximum Gasteiger partial charge on any atom is 0.233 e. The van der Waals surface area contributed by atoms with Crippen LogP contribution in [-0.4, -0.2) is 56.6 Å². The number of likely N-dealkylation sites (tertiary alicyclic amines) is 1. The molecule has 3 heterocycles. The van der Waals surface area contributed by atoms with Crippen molar-refractivity contribution < 1.29 is 14.3 Å². The zero-order valence-corrected chi connectivity index (χ0v) is 18.1. The minimum atomic E-state index is 0.182. The standard InChI is InChI=1S/C21H28N4O3S/c1-4-24-20(16-8-9-17-18(12-16)28-11-10-27-17)22-23-21(24)29-13-19(26)25-14(2)6-5-7-15(25)3/h8-9,12,14-15H,4-7,10-11,13H2,1-3H3. The number of fused-ring (bicyclic) bond motifs is 1. The van der Waals surface area contributed by atoms with E-state index in [-0.39, 0.29) is 5.91 Å². The Hall–Kier alpha value is -2.22. The van der Waals surface area contributed by atoms with E-state index in [0.717, 1.165) is 47.4 Å². The summed E-state index contributed by atoms with van der Waals surface area (Å²) in [5.74, 6) is 2.83. The number of nitrogens with zero attached hydrogens (tertiary/aromatic N) is 4. The summed E-state index contributed by atoms with van der Waals surface area (Å²) in [6, 6.07) is 6.45. The van der Waals surface area contributed by atoms with Crippen LogP contribution >= 0.6 is 11.8 Å². The molecule has 1 amide bonds. The highest BCUT2D eigenvalue weighted by molar-refractivity contribution is 7.99. The second kappa shape index (κ2) is 8.65. The van der Waals surface area contributed by atoms with Crippen molar-refractivity contribution in [2.45, 2.75) is 63.8 Å². The molecule has 2 aliphatic rings. The molecule has 29 heavy (non-hydrogen) atoms. The molecule has 2 aliphatic heterocycles. The Labute approximate surface area is 175 Å². The van der Waals surface area contributed by atoms with Gasteiger partial charge in [-0.1, -0.05) is 11.8 Å². The van der Waals surface area contributed by atoms with E-state index in [1.807, 2.05) is 27.7 Å². The summed E-state index contributed by atoms with van der Waals surface area (Å²) in [5, 5.41) is 9.53. The van der Waals surface area contributed by atoms with Crippen LogP contribution in [-0.2, 0) is 11.3 Å². The summed E-state index contributed by atoms with van der Waals surface area (Å²) in [4.78, 5) is 14.9. The molecule has 0 aliphatic carbocycles. The van der Waals surface area contributed by atoms with E-state index in [4.69, 9.17) is 9.47 Å². The quantitative estimate of drug-likeness (QED) is 0.694. The molecular weight excluding hydrogens is 388 g/mol. The highest BCUT2D eigenvalue weighted by Crippen LogP contribution is 2.35. The lowest BCUT2D eigenvalue weighted by molar-refractivity contribution is -0.134. The lowest BCUT2D eigenvalue weighted by Gasteiger charge is -2.39. The summed E-state index contributed by atoms with van der Waals surface area (Å²) in [6.07, 6.45) is 3.36. The molecule has 2 unspecified atom stereocenters. The van der Waals surface area contributed by atoms with Gasteiger partial charge in [-0.25, -0.2) is 0 Å². The minimum Gasteiger partial charge on any atom is -0.486 e. The lowest BCUT2D eigenvalue weighted by atomic mass is 9.98.